The van der Waals surface area contributed by atoms with Crippen LogP contribution in [0.15, 0.2) is 30.6 Å². The van der Waals surface area contributed by atoms with Crippen molar-refractivity contribution in [2.75, 3.05) is 19.8 Å². The van der Waals surface area contributed by atoms with Gasteiger partial charge in [0.2, 0.25) is 0 Å². The summed E-state index contributed by atoms with van der Waals surface area (Å²) in [6.07, 6.45) is 12.7. The first-order valence-electron chi connectivity index (χ1n) is 19.5. The lowest BCUT2D eigenvalue weighted by atomic mass is 9.34. The van der Waals surface area contributed by atoms with Crippen LogP contribution in [0, 0.1) is 62.6 Å². The zero-order valence-corrected chi connectivity index (χ0v) is 32.7. The maximum atomic E-state index is 13.5. The molecule has 3 heterocycles. The molecule has 1 unspecified atom stereocenters. The summed E-state index contributed by atoms with van der Waals surface area (Å²) in [4.78, 5) is 22.4. The van der Waals surface area contributed by atoms with Gasteiger partial charge in [0.05, 0.1) is 37.9 Å². The van der Waals surface area contributed by atoms with E-state index >= 15 is 0 Å². The Kier molecular flexibility index (Phi) is 8.78. The maximum Gasteiger partial charge on any atom is 0.307 e. The Balaban J connectivity index is 1.35. The van der Waals surface area contributed by atoms with Gasteiger partial charge in [0, 0.05) is 16.4 Å². The molecule has 5 aliphatic rings. The summed E-state index contributed by atoms with van der Waals surface area (Å²) in [5, 5.41) is 20.4. The van der Waals surface area contributed by atoms with Gasteiger partial charge in [-0.1, -0.05) is 74.0 Å². The van der Waals surface area contributed by atoms with E-state index in [9.17, 15) is 9.90 Å². The largest absolute Gasteiger partial charge is 0.481 e. The number of carbonyl (C=O) groups is 1. The van der Waals surface area contributed by atoms with Gasteiger partial charge in [-0.25, -0.2) is 9.67 Å². The van der Waals surface area contributed by atoms with Gasteiger partial charge in [-0.05, 0) is 91.3 Å². The Bertz CT molecular complexity index is 1650. The normalized spacial score (nSPS) is 42.4. The van der Waals surface area contributed by atoms with E-state index in [-0.39, 0.29) is 51.1 Å². The summed E-state index contributed by atoms with van der Waals surface area (Å²) < 4.78 is 17.5. The molecule has 3 N–H and O–H groups in total. The van der Waals surface area contributed by atoms with Crippen molar-refractivity contribution in [1.82, 2.24) is 29.5 Å². The Hall–Kier alpha value is -2.63. The van der Waals surface area contributed by atoms with Crippen molar-refractivity contribution < 1.29 is 19.4 Å². The van der Waals surface area contributed by atoms with E-state index in [1.54, 1.807) is 17.3 Å². The van der Waals surface area contributed by atoms with E-state index in [2.05, 4.69) is 90.4 Å². The predicted molar refractivity (Wildman–Crippen MR) is 195 cm³/mol. The van der Waals surface area contributed by atoms with Crippen LogP contribution in [-0.4, -0.2) is 72.1 Å². The van der Waals surface area contributed by atoms with Gasteiger partial charge in [-0.3, -0.25) is 4.79 Å². The number of ether oxygens (including phenoxy) is 2. The molecular weight excluding hydrogens is 642 g/mol. The third-order valence-electron chi connectivity index (χ3n) is 16.5. The lowest BCUT2D eigenvalue weighted by Crippen LogP contribution is -2.69. The molecule has 4 fully saturated rings. The SMILES string of the molecule is CC(C)[C@@H](C)[C@@]1(C)CC[C@]2(C)[C@H]3CC[C@H]4C5(C)COC[C@@]4(C[C@@H](n4ncnc4-n4cncn4)[C@@H]5OC[C@](C)(N)C(C)C)C3=CC[C@@]2(C)[C@@H]1C(=O)O. The van der Waals surface area contributed by atoms with Crippen molar-refractivity contribution >= 4 is 5.97 Å². The molecule has 2 aromatic rings. The number of rotatable bonds is 9. The van der Waals surface area contributed by atoms with E-state index in [1.165, 1.54) is 11.9 Å². The van der Waals surface area contributed by atoms with Crippen LogP contribution >= 0.6 is 0 Å². The van der Waals surface area contributed by atoms with Gasteiger partial charge in [-0.15, -0.1) is 0 Å². The summed E-state index contributed by atoms with van der Waals surface area (Å²) in [5.74, 6) is 1.12. The minimum atomic E-state index is -0.631. The highest BCUT2D eigenvalue weighted by Gasteiger charge is 2.72. The van der Waals surface area contributed by atoms with Gasteiger partial charge < -0.3 is 20.3 Å². The molecule has 4 aliphatic carbocycles. The Labute approximate surface area is 304 Å². The standard InChI is InChI=1S/C40H63N7O4/c1-24(2)26(5)35(6)15-16-37(8)27-11-12-30-36(7)18-50-20-40(30,28(27)13-14-38(37,9)31(35)33(48)49)17-29(32(36)51-19-39(10,41)25(3)4)47-34(43-22-45-47)46-23-42-21-44-46/h13,21-27,29-32H,11-12,14-20,41H2,1-10H3,(H,48,49)/t26-,27+,29-,30+,31-,32+,35-,36?,37-,38+,39+,40+/m1/s1. The molecule has 0 radical (unpaired) electrons. The van der Waals surface area contributed by atoms with Crippen molar-refractivity contribution in [2.45, 2.75) is 125 Å². The molecule has 1 aliphatic heterocycles. The molecular formula is C40H63N7O4. The molecule has 12 atom stereocenters. The lowest BCUT2D eigenvalue weighted by molar-refractivity contribution is -0.252. The van der Waals surface area contributed by atoms with Crippen molar-refractivity contribution in [2.24, 2.45) is 68.3 Å². The molecule has 11 nitrogen and oxygen atoms in total. The number of fused-ring (bicyclic) bond motifs is 3. The summed E-state index contributed by atoms with van der Waals surface area (Å²) in [6, 6.07) is -0.158. The topological polar surface area (TPSA) is 143 Å². The number of hydrogen-bond donors (Lipinski definition) is 2. The second-order valence-corrected chi connectivity index (χ2v) is 19.4. The van der Waals surface area contributed by atoms with Crippen molar-refractivity contribution in [3.63, 3.8) is 0 Å². The third kappa shape index (κ3) is 5.09. The summed E-state index contributed by atoms with van der Waals surface area (Å²) >= 11 is 0. The number of hydrogen-bond acceptors (Lipinski definition) is 8. The maximum absolute atomic E-state index is 13.5. The minimum absolute atomic E-state index is 0.158. The second kappa shape index (κ2) is 12.2. The molecule has 0 spiro atoms. The van der Waals surface area contributed by atoms with Crippen molar-refractivity contribution in [1.29, 1.82) is 0 Å². The molecule has 2 aromatic heterocycles. The number of carboxylic acid groups (broad SMARTS) is 1. The van der Waals surface area contributed by atoms with Crippen molar-refractivity contribution in [3.8, 4) is 5.95 Å². The molecule has 0 aromatic carbocycles. The van der Waals surface area contributed by atoms with Crippen LogP contribution in [0.3, 0.4) is 0 Å². The van der Waals surface area contributed by atoms with E-state index in [1.807, 2.05) is 4.68 Å². The van der Waals surface area contributed by atoms with Gasteiger partial charge in [-0.2, -0.15) is 19.9 Å². The van der Waals surface area contributed by atoms with E-state index in [0.29, 0.717) is 43.5 Å². The molecule has 1 saturated heterocycles. The fourth-order valence-corrected chi connectivity index (χ4v) is 12.5. The van der Waals surface area contributed by atoms with Gasteiger partial charge in [0.1, 0.15) is 19.0 Å². The molecule has 2 bridgehead atoms. The van der Waals surface area contributed by atoms with Gasteiger partial charge in [0.15, 0.2) is 0 Å². The van der Waals surface area contributed by atoms with E-state index < -0.39 is 17.4 Å². The van der Waals surface area contributed by atoms with Gasteiger partial charge in [0.25, 0.3) is 5.95 Å². The summed E-state index contributed by atoms with van der Waals surface area (Å²) in [5.41, 5.74) is 6.45. The van der Waals surface area contributed by atoms with Crippen LogP contribution in [0.4, 0.5) is 0 Å². The van der Waals surface area contributed by atoms with Crippen LogP contribution in [0.2, 0.25) is 0 Å². The summed E-state index contributed by atoms with van der Waals surface area (Å²) in [6.45, 7) is 24.2. The van der Waals surface area contributed by atoms with Crippen LogP contribution < -0.4 is 5.73 Å². The Morgan fingerprint density at radius 2 is 1.82 bits per heavy atom. The molecule has 3 saturated carbocycles. The van der Waals surface area contributed by atoms with Gasteiger partial charge >= 0.3 is 5.97 Å². The van der Waals surface area contributed by atoms with Crippen LogP contribution in [0.25, 0.3) is 5.95 Å². The fraction of sp³-hybridized carbons (Fsp3) is 0.825. The number of carboxylic acids is 1. The van der Waals surface area contributed by atoms with Crippen LogP contribution in [0.1, 0.15) is 114 Å². The van der Waals surface area contributed by atoms with Crippen LogP contribution in [-0.2, 0) is 14.3 Å². The number of aromatic nitrogens is 6. The van der Waals surface area contributed by atoms with Crippen LogP contribution in [0.5, 0.6) is 0 Å². The Morgan fingerprint density at radius 1 is 1.08 bits per heavy atom. The predicted octanol–water partition coefficient (Wildman–Crippen LogP) is 6.75. The molecule has 0 amide bonds. The second-order valence-electron chi connectivity index (χ2n) is 19.4. The average Bonchev–Trinajstić information content (AvgIpc) is 3.76. The highest BCUT2D eigenvalue weighted by Crippen LogP contribution is 2.75. The zero-order chi connectivity index (χ0) is 36.9. The first kappa shape index (κ1) is 36.7. The smallest absolute Gasteiger partial charge is 0.307 e. The molecule has 282 valence electrons. The first-order chi connectivity index (χ1) is 23.9. The quantitative estimate of drug-likeness (QED) is 0.271. The minimum Gasteiger partial charge on any atom is -0.481 e. The van der Waals surface area contributed by atoms with Crippen molar-refractivity contribution in [3.05, 3.63) is 30.6 Å². The zero-order valence-electron chi connectivity index (χ0n) is 32.7. The highest BCUT2D eigenvalue weighted by atomic mass is 16.5. The Morgan fingerprint density at radius 3 is 2.47 bits per heavy atom. The first-order valence-corrected chi connectivity index (χ1v) is 19.5. The molecule has 11 heteroatoms. The third-order valence-corrected chi connectivity index (χ3v) is 16.5. The van der Waals surface area contributed by atoms with E-state index in [0.717, 1.165) is 38.5 Å². The number of aliphatic carboxylic acids is 1. The number of nitrogens with zero attached hydrogens (tertiary/aromatic N) is 6. The highest BCUT2D eigenvalue weighted by molar-refractivity contribution is 5.73. The average molecular weight is 706 g/mol. The summed E-state index contributed by atoms with van der Waals surface area (Å²) in [7, 11) is 0. The molecule has 51 heavy (non-hydrogen) atoms. The lowest BCUT2D eigenvalue weighted by Gasteiger charge is -2.71. The fourth-order valence-electron chi connectivity index (χ4n) is 12.5. The molecule has 7 rings (SSSR count). The number of allylic oxidation sites excluding steroid dienone is 1. The number of nitrogens with two attached hydrogens (primary N) is 1. The monoisotopic (exact) mass is 705 g/mol. The van der Waals surface area contributed by atoms with E-state index in [4.69, 9.17) is 20.3 Å².